The van der Waals surface area contributed by atoms with Crippen LogP contribution in [0.2, 0.25) is 0 Å². The Labute approximate surface area is 116 Å². The highest BCUT2D eigenvalue weighted by Crippen LogP contribution is 2.30. The van der Waals surface area contributed by atoms with E-state index in [0.29, 0.717) is 5.75 Å². The number of ether oxygens (including phenoxy) is 1. The fourth-order valence-electron chi connectivity index (χ4n) is 2.19. The molecule has 2 aromatic carbocycles. The van der Waals surface area contributed by atoms with Crippen molar-refractivity contribution in [2.45, 2.75) is 18.9 Å². The molecule has 106 valence electrons. The van der Waals surface area contributed by atoms with E-state index >= 15 is 0 Å². The Morgan fingerprint density at radius 3 is 2.30 bits per heavy atom. The predicted octanol–water partition coefficient (Wildman–Crippen LogP) is 3.42. The van der Waals surface area contributed by atoms with Gasteiger partial charge in [0.25, 0.3) is 0 Å². The number of halogens is 2. The molecular weight excluding hydrogens is 262 g/mol. The molecule has 20 heavy (non-hydrogen) atoms. The summed E-state index contributed by atoms with van der Waals surface area (Å²) in [6, 6.07) is 10.3. The highest BCUT2D eigenvalue weighted by Gasteiger charge is 2.26. The van der Waals surface area contributed by atoms with Crippen LogP contribution in [0.5, 0.6) is 5.75 Å². The molecule has 0 aliphatic carbocycles. The van der Waals surface area contributed by atoms with Crippen LogP contribution in [-0.2, 0) is 12.0 Å². The smallest absolute Gasteiger partial charge is 0.126 e. The molecule has 0 aliphatic rings. The van der Waals surface area contributed by atoms with Gasteiger partial charge in [0.05, 0.1) is 12.7 Å². The molecule has 0 spiro atoms. The molecule has 0 amide bonds. The average molecular weight is 278 g/mol. The summed E-state index contributed by atoms with van der Waals surface area (Å²) in [4.78, 5) is 0. The van der Waals surface area contributed by atoms with Crippen molar-refractivity contribution < 1.29 is 18.6 Å². The molecule has 0 aromatic heterocycles. The average Bonchev–Trinajstić information content (AvgIpc) is 2.38. The molecule has 0 aliphatic heterocycles. The standard InChI is InChI=1S/C16H16F2O2/c1-16(19,12-7-13(17)9-14(18)8-12)10-11-5-3-4-6-15(11)20-2/h3-9,19H,10H2,1-2H3. The Bertz CT molecular complexity index is 589. The van der Waals surface area contributed by atoms with E-state index in [1.165, 1.54) is 14.0 Å². The van der Waals surface area contributed by atoms with Crippen molar-refractivity contribution in [1.82, 2.24) is 0 Å². The van der Waals surface area contributed by atoms with Crippen LogP contribution in [0.4, 0.5) is 8.78 Å². The van der Waals surface area contributed by atoms with Gasteiger partial charge in [-0.05, 0) is 36.2 Å². The summed E-state index contributed by atoms with van der Waals surface area (Å²) in [5.41, 5.74) is -0.428. The van der Waals surface area contributed by atoms with Crippen LogP contribution in [-0.4, -0.2) is 12.2 Å². The number of benzene rings is 2. The maximum atomic E-state index is 13.3. The molecule has 2 nitrogen and oxygen atoms in total. The number of aliphatic hydroxyl groups is 1. The third-order valence-electron chi connectivity index (χ3n) is 3.21. The Morgan fingerprint density at radius 2 is 1.70 bits per heavy atom. The van der Waals surface area contributed by atoms with Gasteiger partial charge in [0.2, 0.25) is 0 Å². The fourth-order valence-corrected chi connectivity index (χ4v) is 2.19. The van der Waals surface area contributed by atoms with Crippen molar-refractivity contribution in [1.29, 1.82) is 0 Å². The first kappa shape index (κ1) is 14.5. The Kier molecular flexibility index (Phi) is 4.04. The fraction of sp³-hybridized carbons (Fsp3) is 0.250. The largest absolute Gasteiger partial charge is 0.496 e. The third-order valence-corrected chi connectivity index (χ3v) is 3.21. The van der Waals surface area contributed by atoms with E-state index < -0.39 is 17.2 Å². The Balaban J connectivity index is 2.35. The van der Waals surface area contributed by atoms with E-state index in [1.807, 2.05) is 18.2 Å². The lowest BCUT2D eigenvalue weighted by Gasteiger charge is -2.25. The van der Waals surface area contributed by atoms with Gasteiger partial charge in [0.1, 0.15) is 17.4 Å². The highest BCUT2D eigenvalue weighted by atomic mass is 19.1. The monoisotopic (exact) mass is 278 g/mol. The summed E-state index contributed by atoms with van der Waals surface area (Å²) < 4.78 is 31.7. The van der Waals surface area contributed by atoms with Gasteiger partial charge in [-0.3, -0.25) is 0 Å². The van der Waals surface area contributed by atoms with Gasteiger partial charge in [-0.1, -0.05) is 18.2 Å². The molecule has 0 radical (unpaired) electrons. The molecule has 4 heteroatoms. The number of para-hydroxylation sites is 1. The molecule has 0 heterocycles. The summed E-state index contributed by atoms with van der Waals surface area (Å²) in [5, 5.41) is 10.5. The first-order valence-electron chi connectivity index (χ1n) is 6.23. The van der Waals surface area contributed by atoms with E-state index in [0.717, 1.165) is 23.8 Å². The van der Waals surface area contributed by atoms with Crippen molar-refractivity contribution in [2.75, 3.05) is 7.11 Å². The minimum atomic E-state index is -1.39. The maximum absolute atomic E-state index is 13.3. The van der Waals surface area contributed by atoms with E-state index in [-0.39, 0.29) is 12.0 Å². The lowest BCUT2D eigenvalue weighted by Crippen LogP contribution is -2.25. The molecule has 1 atom stereocenters. The highest BCUT2D eigenvalue weighted by molar-refractivity contribution is 5.36. The van der Waals surface area contributed by atoms with Crippen LogP contribution >= 0.6 is 0 Å². The zero-order valence-electron chi connectivity index (χ0n) is 11.4. The van der Waals surface area contributed by atoms with Crippen LogP contribution in [0.1, 0.15) is 18.1 Å². The molecule has 0 saturated carbocycles. The van der Waals surface area contributed by atoms with E-state index in [2.05, 4.69) is 0 Å². The van der Waals surface area contributed by atoms with Gasteiger partial charge in [-0.2, -0.15) is 0 Å². The molecule has 0 fully saturated rings. The lowest BCUT2D eigenvalue weighted by molar-refractivity contribution is 0.0563. The molecule has 0 bridgehead atoms. The van der Waals surface area contributed by atoms with Crippen molar-refractivity contribution in [2.24, 2.45) is 0 Å². The van der Waals surface area contributed by atoms with Crippen molar-refractivity contribution in [3.63, 3.8) is 0 Å². The van der Waals surface area contributed by atoms with E-state index in [9.17, 15) is 13.9 Å². The zero-order valence-corrected chi connectivity index (χ0v) is 11.4. The predicted molar refractivity (Wildman–Crippen MR) is 72.6 cm³/mol. The molecule has 0 saturated heterocycles. The third kappa shape index (κ3) is 3.14. The van der Waals surface area contributed by atoms with Crippen LogP contribution in [0.25, 0.3) is 0 Å². The lowest BCUT2D eigenvalue weighted by atomic mass is 9.88. The minimum absolute atomic E-state index is 0.194. The van der Waals surface area contributed by atoms with Crippen LogP contribution in [0, 0.1) is 11.6 Å². The normalized spacial score (nSPS) is 13.8. The molecule has 1 N–H and O–H groups in total. The number of rotatable bonds is 4. The second-order valence-electron chi connectivity index (χ2n) is 4.92. The van der Waals surface area contributed by atoms with Crippen LogP contribution in [0.15, 0.2) is 42.5 Å². The van der Waals surface area contributed by atoms with E-state index in [1.54, 1.807) is 6.07 Å². The second kappa shape index (κ2) is 5.59. The van der Waals surface area contributed by atoms with Gasteiger partial charge >= 0.3 is 0 Å². The van der Waals surface area contributed by atoms with Crippen molar-refractivity contribution in [3.8, 4) is 5.75 Å². The summed E-state index contributed by atoms with van der Waals surface area (Å²) in [7, 11) is 1.54. The Morgan fingerprint density at radius 1 is 1.10 bits per heavy atom. The topological polar surface area (TPSA) is 29.5 Å². The quantitative estimate of drug-likeness (QED) is 0.928. The second-order valence-corrected chi connectivity index (χ2v) is 4.92. The number of hydrogen-bond acceptors (Lipinski definition) is 2. The summed E-state index contributed by atoms with van der Waals surface area (Å²) in [6.45, 7) is 1.52. The summed E-state index contributed by atoms with van der Waals surface area (Å²) >= 11 is 0. The van der Waals surface area contributed by atoms with Crippen molar-refractivity contribution >= 4 is 0 Å². The van der Waals surface area contributed by atoms with Gasteiger partial charge in [-0.15, -0.1) is 0 Å². The molecular formula is C16H16F2O2. The van der Waals surface area contributed by atoms with Gasteiger partial charge in [-0.25, -0.2) is 8.78 Å². The first-order chi connectivity index (χ1) is 9.42. The summed E-state index contributed by atoms with van der Waals surface area (Å²) in [6.07, 6.45) is 0.194. The molecule has 2 rings (SSSR count). The van der Waals surface area contributed by atoms with Gasteiger partial charge in [0.15, 0.2) is 0 Å². The SMILES string of the molecule is COc1ccccc1CC(C)(O)c1cc(F)cc(F)c1. The number of hydrogen-bond donors (Lipinski definition) is 1. The van der Waals surface area contributed by atoms with Crippen LogP contribution in [0.3, 0.4) is 0 Å². The maximum Gasteiger partial charge on any atom is 0.126 e. The molecule has 2 aromatic rings. The minimum Gasteiger partial charge on any atom is -0.496 e. The summed E-state index contributed by atoms with van der Waals surface area (Å²) in [5.74, 6) is -0.787. The molecule has 1 unspecified atom stereocenters. The van der Waals surface area contributed by atoms with E-state index in [4.69, 9.17) is 4.74 Å². The van der Waals surface area contributed by atoms with Gasteiger partial charge in [0, 0.05) is 12.5 Å². The first-order valence-corrected chi connectivity index (χ1v) is 6.23. The Hall–Kier alpha value is -1.94. The van der Waals surface area contributed by atoms with Gasteiger partial charge < -0.3 is 9.84 Å². The van der Waals surface area contributed by atoms with Crippen molar-refractivity contribution in [3.05, 3.63) is 65.2 Å². The van der Waals surface area contributed by atoms with Crippen LogP contribution < -0.4 is 4.74 Å². The number of methoxy groups -OCH3 is 1. The zero-order chi connectivity index (χ0) is 14.8.